The zero-order valence-corrected chi connectivity index (χ0v) is 9.81. The molecule has 4 heteroatoms. The van der Waals surface area contributed by atoms with Crippen LogP contribution >= 0.6 is 0 Å². The lowest BCUT2D eigenvalue weighted by molar-refractivity contribution is 0.409. The Morgan fingerprint density at radius 3 is 2.53 bits per heavy atom. The number of aromatic nitrogens is 1. The average molecular weight is 230 g/mol. The molecular weight excluding hydrogens is 216 g/mol. The Morgan fingerprint density at radius 1 is 1.12 bits per heavy atom. The molecule has 0 fully saturated rings. The minimum absolute atomic E-state index is 0.561. The molecule has 0 aliphatic carbocycles. The maximum absolute atomic E-state index is 5.82. The Labute approximate surface area is 100 Å². The van der Waals surface area contributed by atoms with Crippen LogP contribution in [0.5, 0.6) is 17.2 Å². The second-order valence-electron chi connectivity index (χ2n) is 3.64. The first kappa shape index (κ1) is 11.3. The van der Waals surface area contributed by atoms with Crippen LogP contribution in [0.4, 0.5) is 5.69 Å². The summed E-state index contributed by atoms with van der Waals surface area (Å²) in [5, 5.41) is 0. The van der Waals surface area contributed by atoms with Crippen LogP contribution in [0.15, 0.2) is 36.5 Å². The van der Waals surface area contributed by atoms with E-state index in [2.05, 4.69) is 4.98 Å². The third kappa shape index (κ3) is 2.66. The Balaban J connectivity index is 2.25. The van der Waals surface area contributed by atoms with Gasteiger partial charge < -0.3 is 15.2 Å². The number of nitrogens with two attached hydrogens (primary N) is 1. The first-order valence-corrected chi connectivity index (χ1v) is 5.23. The van der Waals surface area contributed by atoms with Crippen molar-refractivity contribution in [1.29, 1.82) is 0 Å². The van der Waals surface area contributed by atoms with Gasteiger partial charge in [0.15, 0.2) is 5.75 Å². The molecule has 0 saturated heterocycles. The van der Waals surface area contributed by atoms with E-state index in [-0.39, 0.29) is 0 Å². The first-order chi connectivity index (χ1) is 8.19. The Hall–Kier alpha value is -2.23. The van der Waals surface area contributed by atoms with Crippen LogP contribution in [-0.2, 0) is 0 Å². The predicted octanol–water partition coefficient (Wildman–Crippen LogP) is 2.77. The standard InChI is InChI=1S/C13H14N2O2/c1-9-3-4-11(8-15-9)17-13-7-10(16-2)5-6-12(13)14/h3-8H,14H2,1-2H3. The molecule has 0 bridgehead atoms. The van der Waals surface area contributed by atoms with Crippen molar-refractivity contribution >= 4 is 5.69 Å². The first-order valence-electron chi connectivity index (χ1n) is 5.23. The molecule has 88 valence electrons. The molecule has 17 heavy (non-hydrogen) atoms. The summed E-state index contributed by atoms with van der Waals surface area (Å²) in [5.74, 6) is 1.92. The van der Waals surface area contributed by atoms with Gasteiger partial charge >= 0.3 is 0 Å². The summed E-state index contributed by atoms with van der Waals surface area (Å²) in [6, 6.07) is 9.01. The number of anilines is 1. The van der Waals surface area contributed by atoms with E-state index in [1.165, 1.54) is 0 Å². The largest absolute Gasteiger partial charge is 0.497 e. The monoisotopic (exact) mass is 230 g/mol. The van der Waals surface area contributed by atoms with Crippen molar-refractivity contribution in [2.24, 2.45) is 0 Å². The molecule has 0 spiro atoms. The van der Waals surface area contributed by atoms with Crippen molar-refractivity contribution in [2.75, 3.05) is 12.8 Å². The van der Waals surface area contributed by atoms with Gasteiger partial charge in [0, 0.05) is 11.8 Å². The van der Waals surface area contributed by atoms with Crippen molar-refractivity contribution in [3.05, 3.63) is 42.2 Å². The number of methoxy groups -OCH3 is 1. The van der Waals surface area contributed by atoms with Crippen molar-refractivity contribution < 1.29 is 9.47 Å². The summed E-state index contributed by atoms with van der Waals surface area (Å²) in [6.45, 7) is 1.92. The highest BCUT2D eigenvalue weighted by Gasteiger charge is 2.04. The smallest absolute Gasteiger partial charge is 0.154 e. The van der Waals surface area contributed by atoms with E-state index < -0.39 is 0 Å². The quantitative estimate of drug-likeness (QED) is 0.824. The maximum atomic E-state index is 5.82. The average Bonchev–Trinajstić information content (AvgIpc) is 2.35. The Bertz CT molecular complexity index is 509. The fraction of sp³-hybridized carbons (Fsp3) is 0.154. The number of benzene rings is 1. The van der Waals surface area contributed by atoms with Crippen LogP contribution in [-0.4, -0.2) is 12.1 Å². The van der Waals surface area contributed by atoms with Crippen molar-refractivity contribution in [1.82, 2.24) is 4.98 Å². The number of pyridine rings is 1. The van der Waals surface area contributed by atoms with Crippen molar-refractivity contribution in [3.8, 4) is 17.2 Å². The summed E-state index contributed by atoms with van der Waals surface area (Å²) < 4.78 is 10.8. The molecule has 2 rings (SSSR count). The minimum atomic E-state index is 0.561. The van der Waals surface area contributed by atoms with Gasteiger partial charge in [-0.05, 0) is 31.2 Å². The van der Waals surface area contributed by atoms with Crippen LogP contribution in [0, 0.1) is 6.92 Å². The topological polar surface area (TPSA) is 57.4 Å². The number of ether oxygens (including phenoxy) is 2. The molecule has 1 heterocycles. The van der Waals surface area contributed by atoms with Gasteiger partial charge in [-0.1, -0.05) is 0 Å². The highest BCUT2D eigenvalue weighted by atomic mass is 16.5. The molecule has 1 aromatic heterocycles. The number of hydrogen-bond acceptors (Lipinski definition) is 4. The summed E-state index contributed by atoms with van der Waals surface area (Å²) in [5.41, 5.74) is 7.32. The van der Waals surface area contributed by atoms with Gasteiger partial charge in [0.2, 0.25) is 0 Å². The normalized spacial score (nSPS) is 10.0. The molecule has 0 aliphatic heterocycles. The van der Waals surface area contributed by atoms with E-state index >= 15 is 0 Å². The van der Waals surface area contributed by atoms with E-state index in [0.717, 1.165) is 5.69 Å². The van der Waals surface area contributed by atoms with Gasteiger partial charge in [0.1, 0.15) is 11.5 Å². The lowest BCUT2D eigenvalue weighted by Crippen LogP contribution is -1.94. The molecule has 0 radical (unpaired) electrons. The number of rotatable bonds is 3. The number of hydrogen-bond donors (Lipinski definition) is 1. The lowest BCUT2D eigenvalue weighted by Gasteiger charge is -2.09. The summed E-state index contributed by atoms with van der Waals surface area (Å²) in [4.78, 5) is 4.15. The van der Waals surface area contributed by atoms with Gasteiger partial charge in [0.25, 0.3) is 0 Å². The minimum Gasteiger partial charge on any atom is -0.497 e. The predicted molar refractivity (Wildman–Crippen MR) is 66.5 cm³/mol. The van der Waals surface area contributed by atoms with E-state index in [0.29, 0.717) is 22.9 Å². The molecule has 2 aromatic rings. The van der Waals surface area contributed by atoms with Crippen LogP contribution in [0.25, 0.3) is 0 Å². The fourth-order valence-corrected chi connectivity index (χ4v) is 1.37. The maximum Gasteiger partial charge on any atom is 0.154 e. The van der Waals surface area contributed by atoms with Gasteiger partial charge in [-0.15, -0.1) is 0 Å². The van der Waals surface area contributed by atoms with Gasteiger partial charge in [-0.2, -0.15) is 0 Å². The zero-order valence-electron chi connectivity index (χ0n) is 9.81. The van der Waals surface area contributed by atoms with E-state index in [1.54, 1.807) is 31.5 Å². The van der Waals surface area contributed by atoms with Gasteiger partial charge in [0.05, 0.1) is 19.0 Å². The third-order valence-corrected chi connectivity index (χ3v) is 2.33. The molecule has 1 aromatic carbocycles. The molecule has 0 aliphatic rings. The summed E-state index contributed by atoms with van der Waals surface area (Å²) >= 11 is 0. The Kier molecular flexibility index (Phi) is 3.14. The number of nitrogen functional groups attached to an aromatic ring is 1. The molecule has 0 saturated carbocycles. The van der Waals surface area contributed by atoms with Crippen LogP contribution in [0.3, 0.4) is 0 Å². The lowest BCUT2D eigenvalue weighted by atomic mass is 10.3. The molecule has 0 unspecified atom stereocenters. The molecule has 0 amide bonds. The second kappa shape index (κ2) is 4.74. The number of nitrogens with zero attached hydrogens (tertiary/aromatic N) is 1. The highest BCUT2D eigenvalue weighted by Crippen LogP contribution is 2.30. The van der Waals surface area contributed by atoms with Crippen LogP contribution in [0.2, 0.25) is 0 Å². The fourth-order valence-electron chi connectivity index (χ4n) is 1.37. The van der Waals surface area contributed by atoms with Gasteiger partial charge in [-0.25, -0.2) is 0 Å². The summed E-state index contributed by atoms with van der Waals surface area (Å²) in [6.07, 6.45) is 1.66. The van der Waals surface area contributed by atoms with E-state index in [1.807, 2.05) is 19.1 Å². The van der Waals surface area contributed by atoms with Crippen LogP contribution in [0.1, 0.15) is 5.69 Å². The molecule has 2 N–H and O–H groups in total. The Morgan fingerprint density at radius 2 is 1.88 bits per heavy atom. The van der Waals surface area contributed by atoms with E-state index in [9.17, 15) is 0 Å². The van der Waals surface area contributed by atoms with E-state index in [4.69, 9.17) is 15.2 Å². The van der Waals surface area contributed by atoms with Crippen molar-refractivity contribution in [2.45, 2.75) is 6.92 Å². The molecule has 0 atom stereocenters. The molecular formula is C13H14N2O2. The second-order valence-corrected chi connectivity index (χ2v) is 3.64. The van der Waals surface area contributed by atoms with Gasteiger partial charge in [-0.3, -0.25) is 4.98 Å². The highest BCUT2D eigenvalue weighted by molar-refractivity contribution is 5.56. The summed E-state index contributed by atoms with van der Waals surface area (Å²) in [7, 11) is 1.60. The van der Waals surface area contributed by atoms with Crippen LogP contribution < -0.4 is 15.2 Å². The third-order valence-electron chi connectivity index (χ3n) is 2.33. The zero-order chi connectivity index (χ0) is 12.3. The SMILES string of the molecule is COc1ccc(N)c(Oc2ccc(C)nc2)c1. The van der Waals surface area contributed by atoms with Crippen molar-refractivity contribution in [3.63, 3.8) is 0 Å². The molecule has 4 nitrogen and oxygen atoms in total. The number of aryl methyl sites for hydroxylation is 1.